The van der Waals surface area contributed by atoms with E-state index < -0.39 is 0 Å². The highest BCUT2D eigenvalue weighted by atomic mass is 35.5. The fourth-order valence-corrected chi connectivity index (χ4v) is 2.38. The summed E-state index contributed by atoms with van der Waals surface area (Å²) in [4.78, 5) is 12.4. The molecule has 0 radical (unpaired) electrons. The zero-order valence-corrected chi connectivity index (χ0v) is 11.3. The average molecular weight is 279 g/mol. The molecule has 2 rings (SSSR count). The highest BCUT2D eigenvalue weighted by Crippen LogP contribution is 2.22. The molecule has 1 heterocycles. The van der Waals surface area contributed by atoms with E-state index in [-0.39, 0.29) is 5.78 Å². The number of hydrogen-bond acceptors (Lipinski definition) is 3. The van der Waals surface area contributed by atoms with Crippen LogP contribution in [0.1, 0.15) is 15.2 Å². The molecule has 0 aliphatic carbocycles. The molecule has 0 aliphatic rings. The van der Waals surface area contributed by atoms with Gasteiger partial charge in [-0.1, -0.05) is 29.8 Å². The van der Waals surface area contributed by atoms with Gasteiger partial charge < -0.3 is 4.74 Å². The predicted molar refractivity (Wildman–Crippen MR) is 75.7 cm³/mol. The Kier molecular flexibility index (Phi) is 4.18. The van der Waals surface area contributed by atoms with E-state index in [0.717, 1.165) is 11.3 Å². The minimum absolute atomic E-state index is 0.0391. The number of rotatable bonds is 4. The van der Waals surface area contributed by atoms with Crippen LogP contribution < -0.4 is 4.74 Å². The van der Waals surface area contributed by atoms with E-state index in [9.17, 15) is 4.79 Å². The molecule has 0 spiro atoms. The molecule has 4 heteroatoms. The van der Waals surface area contributed by atoms with Crippen LogP contribution in [0.4, 0.5) is 0 Å². The maximum Gasteiger partial charge on any atom is 0.195 e. The Morgan fingerprint density at radius 2 is 1.94 bits per heavy atom. The fourth-order valence-electron chi connectivity index (χ4n) is 1.42. The lowest BCUT2D eigenvalue weighted by atomic mass is 10.2. The van der Waals surface area contributed by atoms with E-state index in [1.165, 1.54) is 11.3 Å². The van der Waals surface area contributed by atoms with Gasteiger partial charge in [0.15, 0.2) is 5.78 Å². The summed E-state index contributed by atoms with van der Waals surface area (Å²) in [7, 11) is 1.62. The van der Waals surface area contributed by atoms with Crippen LogP contribution in [-0.2, 0) is 0 Å². The van der Waals surface area contributed by atoms with Gasteiger partial charge in [0, 0.05) is 0 Å². The number of carbonyl (C=O) groups excluding carboxylic acids is 1. The molecule has 0 fully saturated rings. The average Bonchev–Trinajstić information content (AvgIpc) is 2.83. The number of thiophene rings is 1. The molecule has 2 aromatic rings. The van der Waals surface area contributed by atoms with Crippen LogP contribution in [-0.4, -0.2) is 12.9 Å². The van der Waals surface area contributed by atoms with Gasteiger partial charge in [-0.3, -0.25) is 4.79 Å². The topological polar surface area (TPSA) is 26.3 Å². The van der Waals surface area contributed by atoms with Crippen LogP contribution in [0.5, 0.6) is 5.75 Å². The van der Waals surface area contributed by atoms with Gasteiger partial charge in [-0.05, 0) is 35.9 Å². The molecule has 0 bridgehead atoms. The largest absolute Gasteiger partial charge is 0.497 e. The molecule has 0 unspecified atom stereocenters. The molecule has 1 aromatic carbocycles. The molecule has 0 atom stereocenters. The maximum atomic E-state index is 11.8. The van der Waals surface area contributed by atoms with Crippen molar-refractivity contribution >= 4 is 34.8 Å². The Labute approximate surface area is 114 Å². The maximum absolute atomic E-state index is 11.8. The Morgan fingerprint density at radius 3 is 2.50 bits per heavy atom. The summed E-state index contributed by atoms with van der Waals surface area (Å²) in [5.41, 5.74) is 0.951. The summed E-state index contributed by atoms with van der Waals surface area (Å²) in [6.45, 7) is 0. The SMILES string of the molecule is COc1ccc(/C=C/C(=O)c2ccc(Cl)s2)cc1. The van der Waals surface area contributed by atoms with Crippen molar-refractivity contribution in [1.29, 1.82) is 0 Å². The van der Waals surface area contributed by atoms with E-state index in [2.05, 4.69) is 0 Å². The van der Waals surface area contributed by atoms with Crippen molar-refractivity contribution in [2.45, 2.75) is 0 Å². The van der Waals surface area contributed by atoms with Gasteiger partial charge in [-0.2, -0.15) is 0 Å². The Balaban J connectivity index is 2.08. The first-order valence-electron chi connectivity index (χ1n) is 5.31. The summed E-state index contributed by atoms with van der Waals surface area (Å²) >= 11 is 7.07. The fraction of sp³-hybridized carbons (Fsp3) is 0.0714. The first kappa shape index (κ1) is 12.9. The molecule has 0 aliphatic heterocycles. The Morgan fingerprint density at radius 1 is 1.22 bits per heavy atom. The van der Waals surface area contributed by atoms with Crippen molar-refractivity contribution in [2.75, 3.05) is 7.11 Å². The number of ketones is 1. The van der Waals surface area contributed by atoms with Crippen molar-refractivity contribution < 1.29 is 9.53 Å². The molecule has 92 valence electrons. The van der Waals surface area contributed by atoms with Gasteiger partial charge in [0.05, 0.1) is 16.3 Å². The molecule has 0 N–H and O–H groups in total. The van der Waals surface area contributed by atoms with E-state index in [1.807, 2.05) is 24.3 Å². The number of allylic oxidation sites excluding steroid dienone is 1. The lowest BCUT2D eigenvalue weighted by Gasteiger charge is -1.98. The number of hydrogen-bond donors (Lipinski definition) is 0. The molecular formula is C14H11ClO2S. The van der Waals surface area contributed by atoms with E-state index in [0.29, 0.717) is 9.21 Å². The summed E-state index contributed by atoms with van der Waals surface area (Å²) in [5, 5.41) is 0. The van der Waals surface area contributed by atoms with Gasteiger partial charge >= 0.3 is 0 Å². The van der Waals surface area contributed by atoms with E-state index in [1.54, 1.807) is 31.4 Å². The van der Waals surface area contributed by atoms with Gasteiger partial charge in [-0.15, -0.1) is 11.3 Å². The highest BCUT2D eigenvalue weighted by Gasteiger charge is 2.04. The second kappa shape index (κ2) is 5.85. The minimum atomic E-state index is -0.0391. The predicted octanol–water partition coefficient (Wildman–Crippen LogP) is 4.31. The first-order chi connectivity index (χ1) is 8.69. The summed E-state index contributed by atoms with van der Waals surface area (Å²) in [6.07, 6.45) is 3.32. The van der Waals surface area contributed by atoms with Crippen LogP contribution in [0.3, 0.4) is 0 Å². The van der Waals surface area contributed by atoms with Crippen LogP contribution in [0.25, 0.3) is 6.08 Å². The van der Waals surface area contributed by atoms with Crippen molar-refractivity contribution in [1.82, 2.24) is 0 Å². The summed E-state index contributed by atoms with van der Waals surface area (Å²) in [5.74, 6) is 0.756. The van der Waals surface area contributed by atoms with Crippen LogP contribution in [0.2, 0.25) is 4.34 Å². The lowest BCUT2D eigenvalue weighted by molar-refractivity contribution is 0.105. The van der Waals surface area contributed by atoms with E-state index >= 15 is 0 Å². The molecule has 0 saturated heterocycles. The van der Waals surface area contributed by atoms with E-state index in [4.69, 9.17) is 16.3 Å². The second-order valence-electron chi connectivity index (χ2n) is 3.57. The monoisotopic (exact) mass is 278 g/mol. The third kappa shape index (κ3) is 3.22. The number of methoxy groups -OCH3 is 1. The Hall–Kier alpha value is -1.58. The van der Waals surface area contributed by atoms with Crippen molar-refractivity contribution in [3.05, 3.63) is 57.3 Å². The number of carbonyl (C=O) groups is 1. The summed E-state index contributed by atoms with van der Waals surface area (Å²) in [6, 6.07) is 10.9. The van der Waals surface area contributed by atoms with Crippen LogP contribution in [0, 0.1) is 0 Å². The summed E-state index contributed by atoms with van der Waals surface area (Å²) < 4.78 is 5.68. The molecule has 2 nitrogen and oxygen atoms in total. The van der Waals surface area contributed by atoms with Gasteiger partial charge in [0.1, 0.15) is 5.75 Å². The van der Waals surface area contributed by atoms with Crippen LogP contribution in [0.15, 0.2) is 42.5 Å². The molecule has 1 aromatic heterocycles. The molecule has 18 heavy (non-hydrogen) atoms. The molecule has 0 amide bonds. The van der Waals surface area contributed by atoms with Crippen LogP contribution >= 0.6 is 22.9 Å². The van der Waals surface area contributed by atoms with Gasteiger partial charge in [0.2, 0.25) is 0 Å². The minimum Gasteiger partial charge on any atom is -0.497 e. The van der Waals surface area contributed by atoms with Crippen molar-refractivity contribution in [3.8, 4) is 5.75 Å². The third-order valence-electron chi connectivity index (χ3n) is 2.36. The normalized spacial score (nSPS) is 10.8. The molecule has 0 saturated carbocycles. The first-order valence-corrected chi connectivity index (χ1v) is 6.50. The highest BCUT2D eigenvalue weighted by molar-refractivity contribution is 7.18. The zero-order valence-electron chi connectivity index (χ0n) is 9.72. The quantitative estimate of drug-likeness (QED) is 0.615. The van der Waals surface area contributed by atoms with Gasteiger partial charge in [-0.25, -0.2) is 0 Å². The standard InChI is InChI=1S/C14H11ClO2S/c1-17-11-5-2-10(3-6-11)4-7-12(16)13-8-9-14(15)18-13/h2-9H,1H3/b7-4+. The second-order valence-corrected chi connectivity index (χ2v) is 5.29. The number of benzene rings is 1. The third-order valence-corrected chi connectivity index (χ3v) is 3.60. The molecular weight excluding hydrogens is 268 g/mol. The smallest absolute Gasteiger partial charge is 0.195 e. The number of ether oxygens (including phenoxy) is 1. The Bertz CT molecular complexity index is 570. The zero-order chi connectivity index (χ0) is 13.0. The van der Waals surface area contributed by atoms with Crippen molar-refractivity contribution in [3.63, 3.8) is 0 Å². The van der Waals surface area contributed by atoms with Gasteiger partial charge in [0.25, 0.3) is 0 Å². The lowest BCUT2D eigenvalue weighted by Crippen LogP contribution is -1.88. The van der Waals surface area contributed by atoms with Crippen molar-refractivity contribution in [2.24, 2.45) is 0 Å². The number of halogens is 1.